The highest BCUT2D eigenvalue weighted by molar-refractivity contribution is 7.87. The van der Waals surface area contributed by atoms with Gasteiger partial charge in [-0.15, -0.1) is 6.58 Å². The van der Waals surface area contributed by atoms with Gasteiger partial charge in [-0.3, -0.25) is 19.2 Å². The van der Waals surface area contributed by atoms with E-state index in [0.717, 1.165) is 124 Å². The third-order valence-electron chi connectivity index (χ3n) is 18.4. The van der Waals surface area contributed by atoms with E-state index in [9.17, 15) is 40.8 Å². The van der Waals surface area contributed by atoms with Crippen molar-refractivity contribution in [2.45, 2.75) is 257 Å². The Morgan fingerprint density at radius 1 is 0.690 bits per heavy atom. The van der Waals surface area contributed by atoms with Crippen LogP contribution < -0.4 is 0 Å². The van der Waals surface area contributed by atoms with Crippen molar-refractivity contribution in [1.82, 2.24) is 19.9 Å². The number of aromatic nitrogens is 2. The zero-order valence-corrected chi connectivity index (χ0v) is 55.2. The Bertz CT molecular complexity index is 2500. The van der Waals surface area contributed by atoms with Crippen LogP contribution in [0.15, 0.2) is 43.4 Å². The van der Waals surface area contributed by atoms with E-state index in [4.69, 9.17) is 24.0 Å². The zero-order valence-electron chi connectivity index (χ0n) is 54.4. The third kappa shape index (κ3) is 24.3. The van der Waals surface area contributed by atoms with Crippen molar-refractivity contribution < 1.29 is 68.9 Å². The molecule has 21 heteroatoms. The van der Waals surface area contributed by atoms with Crippen LogP contribution in [0.25, 0.3) is 11.6 Å². The van der Waals surface area contributed by atoms with Gasteiger partial charge in [0, 0.05) is 55.8 Å². The van der Waals surface area contributed by atoms with Crippen molar-refractivity contribution in [2.24, 2.45) is 35.5 Å². The molecule has 1 N–H and O–H groups in total. The highest BCUT2D eigenvalue weighted by Gasteiger charge is 2.53. The number of carbonyl (C=O) groups is 4. The number of fused-ring (bicyclic) bond motifs is 1. The van der Waals surface area contributed by atoms with Crippen molar-refractivity contribution in [3.8, 4) is 0 Å². The van der Waals surface area contributed by atoms with E-state index in [-0.39, 0.29) is 59.8 Å². The molecule has 87 heavy (non-hydrogen) atoms. The molecule has 1 unspecified atom stereocenters. The van der Waals surface area contributed by atoms with Crippen LogP contribution in [-0.2, 0) is 54.0 Å². The first-order valence-corrected chi connectivity index (χ1v) is 33.7. The monoisotopic (exact) mass is 1250 g/mol. The van der Waals surface area contributed by atoms with Crippen LogP contribution in [-0.4, -0.2) is 114 Å². The number of carbonyl (C=O) groups excluding carboxylic acids is 3. The van der Waals surface area contributed by atoms with Gasteiger partial charge >= 0.3 is 34.8 Å². The van der Waals surface area contributed by atoms with Gasteiger partial charge in [-0.25, -0.2) is 19.8 Å². The minimum absolute atomic E-state index is 0.0289. The number of allylic oxidation sites excluding steroid dienone is 3. The minimum atomic E-state index is -5.55. The molecular weight excluding hydrogens is 1140 g/mol. The minimum Gasteiger partial charge on any atom is -0.481 e. The topological polar surface area (TPSA) is 201 Å². The number of hydroxylamine groups is 2. The van der Waals surface area contributed by atoms with Crippen LogP contribution in [0.1, 0.15) is 246 Å². The number of rotatable bonds is 11. The lowest BCUT2D eigenvalue weighted by molar-refractivity contribution is -0.174. The normalized spacial score (nSPS) is 21.8. The number of hydrogen-bond donors (Lipinski definition) is 1. The quantitative estimate of drug-likeness (QED) is 0.0721. The lowest BCUT2D eigenvalue weighted by Crippen LogP contribution is -2.43. The number of ether oxygens (including phenoxy) is 1. The number of carboxylic acid groups (broad SMARTS) is 1. The average Bonchev–Trinajstić information content (AvgIpc) is 2.12. The van der Waals surface area contributed by atoms with Gasteiger partial charge in [0.25, 0.3) is 0 Å². The molecule has 492 valence electrons. The summed E-state index contributed by atoms with van der Waals surface area (Å²) in [7, 11) is -2.55. The number of carboxylic acids is 1. The predicted molar refractivity (Wildman–Crippen MR) is 336 cm³/mol. The van der Waals surface area contributed by atoms with Crippen LogP contribution >= 0.6 is 0 Å². The molecule has 7 fully saturated rings. The lowest BCUT2D eigenvalue weighted by Gasteiger charge is -2.35. The summed E-state index contributed by atoms with van der Waals surface area (Å²) in [6, 6.07) is 0. The average molecular weight is 1250 g/mol. The van der Waals surface area contributed by atoms with Gasteiger partial charge in [0.1, 0.15) is 23.5 Å². The molecule has 1 atom stereocenters. The molecule has 9 rings (SSSR count). The molecule has 5 saturated carbocycles. The number of halogens is 3. The summed E-state index contributed by atoms with van der Waals surface area (Å²) in [4.78, 5) is 60.5. The summed E-state index contributed by atoms with van der Waals surface area (Å²) < 4.78 is 79.0. The molecule has 16 nitrogen and oxygen atoms in total. The van der Waals surface area contributed by atoms with Crippen LogP contribution in [0, 0.1) is 35.5 Å². The molecule has 0 bridgehead atoms. The maximum absolute atomic E-state index is 12.3. The maximum atomic E-state index is 12.3. The van der Waals surface area contributed by atoms with Crippen molar-refractivity contribution in [2.75, 3.05) is 27.2 Å². The Morgan fingerprint density at radius 2 is 1.14 bits per heavy atom. The molecule has 1 aromatic heterocycles. The summed E-state index contributed by atoms with van der Waals surface area (Å²) in [6.07, 6.45) is 36.0. The Hall–Kier alpha value is -4.60. The van der Waals surface area contributed by atoms with Gasteiger partial charge in [0.05, 0.1) is 35.6 Å². The van der Waals surface area contributed by atoms with E-state index < -0.39 is 27.2 Å². The van der Waals surface area contributed by atoms with E-state index in [1.54, 1.807) is 25.2 Å². The van der Waals surface area contributed by atoms with Crippen molar-refractivity contribution in [3.05, 3.63) is 60.3 Å². The van der Waals surface area contributed by atoms with E-state index >= 15 is 0 Å². The zero-order chi connectivity index (χ0) is 64.8. The van der Waals surface area contributed by atoms with Crippen molar-refractivity contribution in [1.29, 1.82) is 0 Å². The molecule has 0 radical (unpaired) electrons. The van der Waals surface area contributed by atoms with Gasteiger partial charge in [-0.05, 0) is 149 Å². The number of likely N-dealkylation sites (tertiary alicyclic amines) is 1. The van der Waals surface area contributed by atoms with Gasteiger partial charge in [-0.2, -0.15) is 21.6 Å². The van der Waals surface area contributed by atoms with Crippen molar-refractivity contribution >= 4 is 52.6 Å². The molecule has 0 spiro atoms. The smallest absolute Gasteiger partial charge is 0.481 e. The second-order valence-corrected chi connectivity index (χ2v) is 28.3. The third-order valence-corrected chi connectivity index (χ3v) is 19.4. The number of alkyl halides is 3. The van der Waals surface area contributed by atoms with Gasteiger partial charge in [-0.1, -0.05) is 122 Å². The van der Waals surface area contributed by atoms with Crippen LogP contribution in [0.3, 0.4) is 0 Å². The molecule has 6 aliphatic carbocycles. The number of ketones is 1. The number of amides is 2. The Morgan fingerprint density at radius 3 is 1.56 bits per heavy atom. The van der Waals surface area contributed by atoms with Crippen molar-refractivity contribution in [3.63, 3.8) is 0 Å². The summed E-state index contributed by atoms with van der Waals surface area (Å²) >= 11 is 0. The number of hydrogen-bond acceptors (Lipinski definition) is 13. The summed E-state index contributed by atoms with van der Waals surface area (Å²) in [6.45, 7) is 29.0. The van der Waals surface area contributed by atoms with Gasteiger partial charge < -0.3 is 28.2 Å². The SMILES string of the molecule is C=C(B1OC(C)(C)C(C)(C)O1)C1CCCCC1.C=C(OS(=O)(=O)C(F)(F)F)C1CCCCC1.C=C(c1ncnc2c1C=CC2)C1CCCN(C(=O)OC(C)(C)C)C1.CC(=O)C1CCCCC1.CON(C)C(=O)C1CCCCC1.O=C(O)C1CCCCC1. The van der Waals surface area contributed by atoms with E-state index in [1.807, 2.05) is 20.8 Å². The van der Waals surface area contributed by atoms with E-state index in [1.165, 1.54) is 89.2 Å². The first-order valence-electron chi connectivity index (χ1n) is 32.2. The summed E-state index contributed by atoms with van der Waals surface area (Å²) in [5, 5.41) is 9.88. The van der Waals surface area contributed by atoms with E-state index in [2.05, 4.69) is 73.7 Å². The highest BCUT2D eigenvalue weighted by atomic mass is 32.2. The summed E-state index contributed by atoms with van der Waals surface area (Å²) in [5.74, 6) is 0.753. The second kappa shape index (κ2) is 35.1. The Labute approximate surface area is 519 Å². The van der Waals surface area contributed by atoms with E-state index in [0.29, 0.717) is 37.0 Å². The van der Waals surface area contributed by atoms with Gasteiger partial charge in [0.15, 0.2) is 0 Å². The predicted octanol–water partition coefficient (Wildman–Crippen LogP) is 15.8. The first kappa shape index (κ1) is 74.9. The molecule has 2 aliphatic heterocycles. The number of aliphatic carboxylic acids is 1. The maximum Gasteiger partial charge on any atom is 0.534 e. The fourth-order valence-corrected chi connectivity index (χ4v) is 12.7. The van der Waals surface area contributed by atoms with Crippen LogP contribution in [0.2, 0.25) is 0 Å². The Kier molecular flexibility index (Phi) is 30.2. The summed E-state index contributed by atoms with van der Waals surface area (Å²) in [5.41, 5.74) is -1.13. The molecule has 1 aromatic rings. The van der Waals surface area contributed by atoms with Gasteiger partial charge in [0.2, 0.25) is 5.91 Å². The number of piperidine rings is 1. The Balaban J connectivity index is 0.000000231. The molecule has 0 aromatic carbocycles. The molecule has 2 saturated heterocycles. The number of Topliss-reactive ketones (excluding diaryl/α,β-unsaturated/α-hetero) is 1. The van der Waals surface area contributed by atoms with Crippen LogP contribution in [0.4, 0.5) is 18.0 Å². The van der Waals surface area contributed by atoms with Crippen LogP contribution in [0.5, 0.6) is 0 Å². The lowest BCUT2D eigenvalue weighted by atomic mass is 9.67. The molecule has 2 amide bonds. The standard InChI is InChI=1S/C19H25N3O2.C14H25BO2.C9H13F3O3S.C9H17NO2.C8H14O.C7H12O2/c1-13(17-15-8-5-9-16(15)20-12-21-17)14-7-6-10-22(11-14)18(23)24-19(2,3)4;1-11(12-9-7-6-8-10-12)15-16-13(2,3)14(4,5)17-15;1-7(8-5-3-2-4-6-8)15-16(13,14)9(10,11)12;1-10(12-2)9(11)8-6-4-3-5-7-8;1-7(9)8-5-3-2-4-6-8;8-7(9)6-4-2-1-3-5-6/h5,8,12,14H,1,6-7,9-11H2,2-4H3;12H,1,6-10H2,2-5H3;8H,1-6H2;8H,3-7H2,1-2H3;8H,2-6H2,1H3;6H,1-5H2,(H,8,9). The molecule has 3 heterocycles. The molecular formula is C66H106BF3N4O12S. The fraction of sp³-hybridized carbons (Fsp3) is 0.758. The fourth-order valence-electron chi connectivity index (χ4n) is 12.2. The highest BCUT2D eigenvalue weighted by Crippen LogP contribution is 2.42. The largest absolute Gasteiger partial charge is 0.534 e. The first-order chi connectivity index (χ1) is 40.8. The second-order valence-electron chi connectivity index (χ2n) is 26.7. The molecule has 8 aliphatic rings. The number of nitrogens with zero attached hydrogens (tertiary/aromatic N) is 4.